The van der Waals surface area contributed by atoms with E-state index in [0.717, 1.165) is 6.42 Å². The van der Waals surface area contributed by atoms with Gasteiger partial charge in [0.2, 0.25) is 0 Å². The molecule has 0 bridgehead atoms. The lowest BCUT2D eigenvalue weighted by Gasteiger charge is -2.08. The molecule has 0 aromatic heterocycles. The Kier molecular flexibility index (Phi) is 2.28. The van der Waals surface area contributed by atoms with Crippen LogP contribution in [0.2, 0.25) is 0 Å². The van der Waals surface area contributed by atoms with Gasteiger partial charge >= 0.3 is 0 Å². The lowest BCUT2D eigenvalue weighted by molar-refractivity contribution is 0.556. The predicted octanol–water partition coefficient (Wildman–Crippen LogP) is 2.28. The summed E-state index contributed by atoms with van der Waals surface area (Å²) in [5, 5.41) is 8.67. The maximum atomic E-state index is 8.67. The fourth-order valence-corrected chi connectivity index (χ4v) is 1.17. The first-order valence-corrected chi connectivity index (χ1v) is 3.63. The molecule has 0 amide bonds. The highest BCUT2D eigenvalue weighted by molar-refractivity contribution is 5.20. The first-order chi connectivity index (χ1) is 4.88. The third-order valence-corrected chi connectivity index (χ3v) is 1.85. The van der Waals surface area contributed by atoms with E-state index in [1.807, 2.05) is 19.1 Å². The van der Waals surface area contributed by atoms with Crippen LogP contribution in [-0.4, -0.2) is 0 Å². The summed E-state index contributed by atoms with van der Waals surface area (Å²) in [7, 11) is 0. The van der Waals surface area contributed by atoms with Gasteiger partial charge in [0.25, 0.3) is 0 Å². The third kappa shape index (κ3) is 1.27. The summed E-state index contributed by atoms with van der Waals surface area (Å²) in [6, 6.07) is 2.29. The molecule has 1 rings (SSSR count). The highest BCUT2D eigenvalue weighted by atomic mass is 14.3. The average molecular weight is 133 g/mol. The second-order valence-electron chi connectivity index (χ2n) is 2.49. The molecule has 1 unspecified atom stereocenters. The summed E-state index contributed by atoms with van der Waals surface area (Å²) >= 11 is 0. The lowest BCUT2D eigenvalue weighted by atomic mass is 9.93. The number of nitriles is 1. The van der Waals surface area contributed by atoms with E-state index >= 15 is 0 Å². The zero-order valence-corrected chi connectivity index (χ0v) is 6.12. The van der Waals surface area contributed by atoms with Crippen LogP contribution >= 0.6 is 0 Å². The van der Waals surface area contributed by atoms with Crippen LogP contribution in [-0.2, 0) is 0 Å². The molecule has 0 heterocycles. The molecule has 0 N–H and O–H groups in total. The smallest absolute Gasteiger partial charge is 0.0665 e. The van der Waals surface area contributed by atoms with Gasteiger partial charge in [-0.25, -0.2) is 0 Å². The number of hydrogen-bond acceptors (Lipinski definition) is 1. The molecular formula is C9H11N. The summed E-state index contributed by atoms with van der Waals surface area (Å²) in [6.45, 7) is 2.05. The van der Waals surface area contributed by atoms with Crippen molar-refractivity contribution in [1.29, 1.82) is 5.26 Å². The minimum absolute atomic E-state index is 0.176. The van der Waals surface area contributed by atoms with Crippen LogP contribution in [0.5, 0.6) is 0 Å². The van der Waals surface area contributed by atoms with E-state index in [1.54, 1.807) is 0 Å². The van der Waals surface area contributed by atoms with Crippen molar-refractivity contribution in [2.45, 2.75) is 13.3 Å². The predicted molar refractivity (Wildman–Crippen MR) is 41.2 cm³/mol. The normalized spacial score (nSPS) is 19.2. The molecule has 0 aromatic carbocycles. The van der Waals surface area contributed by atoms with E-state index in [2.05, 4.69) is 18.2 Å². The van der Waals surface area contributed by atoms with Crippen LogP contribution in [0.1, 0.15) is 13.3 Å². The van der Waals surface area contributed by atoms with Crippen molar-refractivity contribution in [2.75, 3.05) is 0 Å². The summed E-state index contributed by atoms with van der Waals surface area (Å²) in [5.74, 6) is 0.546. The van der Waals surface area contributed by atoms with Crippen LogP contribution in [0.15, 0.2) is 24.3 Å². The molecule has 10 heavy (non-hydrogen) atoms. The van der Waals surface area contributed by atoms with E-state index in [-0.39, 0.29) is 5.92 Å². The van der Waals surface area contributed by atoms with Crippen LogP contribution in [0.25, 0.3) is 0 Å². The number of rotatable bonds is 2. The second kappa shape index (κ2) is 3.22. The largest absolute Gasteiger partial charge is 0.198 e. The van der Waals surface area contributed by atoms with Crippen molar-refractivity contribution in [2.24, 2.45) is 11.8 Å². The Labute approximate surface area is 61.7 Å². The van der Waals surface area contributed by atoms with Crippen molar-refractivity contribution in [3.63, 3.8) is 0 Å². The van der Waals surface area contributed by atoms with Crippen molar-refractivity contribution < 1.29 is 0 Å². The van der Waals surface area contributed by atoms with Gasteiger partial charge in [0.1, 0.15) is 0 Å². The van der Waals surface area contributed by atoms with Gasteiger partial charge in [0.15, 0.2) is 0 Å². The van der Waals surface area contributed by atoms with Gasteiger partial charge in [-0.05, 0) is 6.42 Å². The first kappa shape index (κ1) is 7.08. The Bertz CT molecular complexity index is 183. The van der Waals surface area contributed by atoms with Crippen molar-refractivity contribution in [3.8, 4) is 6.07 Å². The SMILES string of the molecule is CCC(C#N)C1C=CC=C1. The minimum atomic E-state index is 0.176. The van der Waals surface area contributed by atoms with E-state index in [4.69, 9.17) is 5.26 Å². The minimum Gasteiger partial charge on any atom is -0.198 e. The molecule has 0 aromatic rings. The molecule has 0 fully saturated rings. The third-order valence-electron chi connectivity index (χ3n) is 1.85. The number of allylic oxidation sites excluding steroid dienone is 4. The van der Waals surface area contributed by atoms with Crippen molar-refractivity contribution in [3.05, 3.63) is 24.3 Å². The Morgan fingerprint density at radius 3 is 2.50 bits per heavy atom. The van der Waals surface area contributed by atoms with Gasteiger partial charge in [-0.2, -0.15) is 5.26 Å². The van der Waals surface area contributed by atoms with Crippen LogP contribution in [0.4, 0.5) is 0 Å². The van der Waals surface area contributed by atoms with E-state index < -0.39 is 0 Å². The molecule has 1 heteroatoms. The molecule has 52 valence electrons. The van der Waals surface area contributed by atoms with Gasteiger partial charge < -0.3 is 0 Å². The zero-order chi connectivity index (χ0) is 7.40. The summed E-state index contributed by atoms with van der Waals surface area (Å²) in [4.78, 5) is 0. The molecule has 1 aliphatic carbocycles. The lowest BCUT2D eigenvalue weighted by Crippen LogP contribution is -2.04. The molecule has 0 aliphatic heterocycles. The monoisotopic (exact) mass is 133 g/mol. The molecule has 0 saturated carbocycles. The maximum absolute atomic E-state index is 8.67. The van der Waals surface area contributed by atoms with E-state index in [1.165, 1.54) is 0 Å². The Morgan fingerprint density at radius 1 is 1.50 bits per heavy atom. The van der Waals surface area contributed by atoms with Crippen LogP contribution in [0, 0.1) is 23.2 Å². The molecular weight excluding hydrogens is 122 g/mol. The highest BCUT2D eigenvalue weighted by Gasteiger charge is 2.14. The molecule has 0 saturated heterocycles. The Hall–Kier alpha value is -1.03. The fourth-order valence-electron chi connectivity index (χ4n) is 1.17. The second-order valence-corrected chi connectivity index (χ2v) is 2.49. The molecule has 0 spiro atoms. The summed E-state index contributed by atoms with van der Waals surface area (Å²) < 4.78 is 0. The molecule has 1 atom stereocenters. The summed E-state index contributed by atoms with van der Waals surface area (Å²) in [5.41, 5.74) is 0. The van der Waals surface area contributed by atoms with Crippen LogP contribution < -0.4 is 0 Å². The summed E-state index contributed by atoms with van der Waals surface area (Å²) in [6.07, 6.45) is 9.11. The topological polar surface area (TPSA) is 23.8 Å². The number of hydrogen-bond donors (Lipinski definition) is 0. The molecule has 1 nitrogen and oxygen atoms in total. The van der Waals surface area contributed by atoms with Crippen molar-refractivity contribution in [1.82, 2.24) is 0 Å². The molecule has 1 aliphatic rings. The van der Waals surface area contributed by atoms with Crippen LogP contribution in [0.3, 0.4) is 0 Å². The quantitative estimate of drug-likeness (QED) is 0.567. The zero-order valence-electron chi connectivity index (χ0n) is 6.12. The average Bonchev–Trinajstić information content (AvgIpc) is 2.43. The van der Waals surface area contributed by atoms with Gasteiger partial charge in [-0.15, -0.1) is 0 Å². The van der Waals surface area contributed by atoms with Crippen molar-refractivity contribution >= 4 is 0 Å². The fraction of sp³-hybridized carbons (Fsp3) is 0.444. The maximum Gasteiger partial charge on any atom is 0.0665 e. The van der Waals surface area contributed by atoms with E-state index in [0.29, 0.717) is 5.92 Å². The van der Waals surface area contributed by atoms with Gasteiger partial charge in [-0.3, -0.25) is 0 Å². The molecule has 0 radical (unpaired) electrons. The Balaban J connectivity index is 2.56. The first-order valence-electron chi connectivity index (χ1n) is 3.63. The van der Waals surface area contributed by atoms with Gasteiger partial charge in [-0.1, -0.05) is 31.2 Å². The van der Waals surface area contributed by atoms with Gasteiger partial charge in [0.05, 0.1) is 12.0 Å². The standard InChI is InChI=1S/C9H11N/c1-2-8(7-10)9-5-3-4-6-9/h3-6,8-9H,2H2,1H3. The Morgan fingerprint density at radius 2 is 2.10 bits per heavy atom. The van der Waals surface area contributed by atoms with Gasteiger partial charge in [0, 0.05) is 5.92 Å². The van der Waals surface area contributed by atoms with E-state index in [9.17, 15) is 0 Å². The highest BCUT2D eigenvalue weighted by Crippen LogP contribution is 2.21. The number of nitrogens with zero attached hydrogens (tertiary/aromatic N) is 1.